The van der Waals surface area contributed by atoms with Crippen molar-refractivity contribution in [1.29, 1.82) is 0 Å². The Morgan fingerprint density at radius 2 is 0.900 bits per heavy atom. The van der Waals surface area contributed by atoms with Crippen LogP contribution < -0.4 is 0 Å². The number of fused-ring (bicyclic) bond motifs is 4. The van der Waals surface area contributed by atoms with Crippen LogP contribution in [0.1, 0.15) is 0 Å². The van der Waals surface area contributed by atoms with Crippen LogP contribution in [0, 0.1) is 0 Å². The van der Waals surface area contributed by atoms with Gasteiger partial charge in [-0.2, -0.15) is 0 Å². The first kappa shape index (κ1) is 22.1. The molecule has 5 aromatic carbocycles. The molecule has 0 bridgehead atoms. The number of nitrogens with zero attached hydrogens (tertiary/aromatic N) is 11. The Balaban J connectivity index is 1.39. The average Bonchev–Trinajstić information content (AvgIpc) is 3.02. The van der Waals surface area contributed by atoms with E-state index in [2.05, 4.69) is 71.6 Å². The zero-order chi connectivity index (χ0) is 26.5. The van der Waals surface area contributed by atoms with E-state index in [0.717, 1.165) is 32.8 Å². The third-order valence-electron chi connectivity index (χ3n) is 6.78. The van der Waals surface area contributed by atoms with Gasteiger partial charge >= 0.3 is 0 Å². The summed E-state index contributed by atoms with van der Waals surface area (Å²) in [6, 6.07) is 29.9. The predicted molar refractivity (Wildman–Crippen MR) is 149 cm³/mol. The van der Waals surface area contributed by atoms with Gasteiger partial charge < -0.3 is 0 Å². The molecular formula is C29H15N11. The molecule has 0 saturated carbocycles. The molecule has 3 heterocycles. The zero-order valence-electron chi connectivity index (χ0n) is 20.6. The Labute approximate surface area is 225 Å². The summed E-state index contributed by atoms with van der Waals surface area (Å²) in [6.07, 6.45) is 0. The monoisotopic (exact) mass is 517 g/mol. The van der Waals surface area contributed by atoms with Crippen LogP contribution >= 0.6 is 0 Å². The summed E-state index contributed by atoms with van der Waals surface area (Å²) < 4.78 is 0. The van der Waals surface area contributed by atoms with Crippen LogP contribution in [0.25, 0.3) is 77.8 Å². The van der Waals surface area contributed by atoms with Crippen LogP contribution in [0.3, 0.4) is 0 Å². The van der Waals surface area contributed by atoms with E-state index in [1.807, 2.05) is 60.7 Å². The van der Waals surface area contributed by atoms with Crippen molar-refractivity contribution in [3.05, 3.63) is 91.0 Å². The number of hydrogen-bond acceptors (Lipinski definition) is 11. The highest BCUT2D eigenvalue weighted by molar-refractivity contribution is 6.04. The van der Waals surface area contributed by atoms with Gasteiger partial charge in [0.2, 0.25) is 0 Å². The molecule has 0 aliphatic rings. The lowest BCUT2D eigenvalue weighted by molar-refractivity contribution is 0.797. The van der Waals surface area contributed by atoms with E-state index < -0.39 is 0 Å². The van der Waals surface area contributed by atoms with Crippen LogP contribution in [0.4, 0.5) is 0 Å². The lowest BCUT2D eigenvalue weighted by atomic mass is 9.99. The van der Waals surface area contributed by atoms with Crippen molar-refractivity contribution in [1.82, 2.24) is 56.2 Å². The van der Waals surface area contributed by atoms with Gasteiger partial charge in [0.1, 0.15) is 22.1 Å². The average molecular weight is 518 g/mol. The minimum absolute atomic E-state index is 0.484. The highest BCUT2D eigenvalue weighted by Crippen LogP contribution is 2.33. The van der Waals surface area contributed by atoms with Crippen molar-refractivity contribution in [2.75, 3.05) is 0 Å². The van der Waals surface area contributed by atoms with Crippen molar-refractivity contribution in [3.8, 4) is 34.2 Å². The van der Waals surface area contributed by atoms with Crippen molar-refractivity contribution in [2.24, 2.45) is 0 Å². The topological polar surface area (TPSA) is 142 Å². The molecule has 0 unspecified atom stereocenters. The highest BCUT2D eigenvalue weighted by atomic mass is 15.4. The normalized spacial score (nSPS) is 11.5. The number of aromatic nitrogens is 11. The Morgan fingerprint density at radius 1 is 0.375 bits per heavy atom. The minimum Gasteiger partial charge on any atom is -0.208 e. The summed E-state index contributed by atoms with van der Waals surface area (Å²) in [5, 5.41) is 35.3. The standard InChI is InChI=1S/C29H15N11/c1-2-5-17-13-22-18(12-16(17)4-1)6-3-7-21(22)29-31-27(19-8-10-23-25(14-19)35-39-37-33-23)30-28(32-29)20-9-11-24-26(15-20)36-40-38-34-24/h1-15H. The number of rotatable bonds is 3. The van der Waals surface area contributed by atoms with Gasteiger partial charge in [-0.1, -0.05) is 42.5 Å². The third-order valence-corrected chi connectivity index (χ3v) is 6.78. The van der Waals surface area contributed by atoms with Gasteiger partial charge in [-0.3, -0.25) is 0 Å². The SMILES string of the molecule is c1ccc2cc3c(-c4nc(-c5ccc6nnnnc6c5)nc(-c5ccc6nnnnc6c5)n4)cccc3cc2c1. The molecule has 0 fully saturated rings. The molecular weight excluding hydrogens is 502 g/mol. The van der Waals surface area contributed by atoms with Gasteiger partial charge in [0, 0.05) is 16.7 Å². The van der Waals surface area contributed by atoms with Crippen LogP contribution in [0.5, 0.6) is 0 Å². The Kier molecular flexibility index (Phi) is 4.86. The van der Waals surface area contributed by atoms with Crippen molar-refractivity contribution in [2.45, 2.75) is 0 Å². The van der Waals surface area contributed by atoms with E-state index in [9.17, 15) is 0 Å². The fourth-order valence-electron chi connectivity index (χ4n) is 4.84. The first-order valence-electron chi connectivity index (χ1n) is 12.4. The molecule has 8 rings (SSSR count). The second-order valence-corrected chi connectivity index (χ2v) is 9.20. The third kappa shape index (κ3) is 3.72. The lowest BCUT2D eigenvalue weighted by Crippen LogP contribution is -2.01. The molecule has 3 aromatic heterocycles. The summed E-state index contributed by atoms with van der Waals surface area (Å²) in [4.78, 5) is 14.7. The van der Waals surface area contributed by atoms with Gasteiger partial charge in [0.25, 0.3) is 0 Å². The summed E-state index contributed by atoms with van der Waals surface area (Å²) in [5.41, 5.74) is 4.82. The molecule has 0 N–H and O–H groups in total. The quantitative estimate of drug-likeness (QED) is 0.302. The Bertz CT molecular complexity index is 2150. The molecule has 0 amide bonds. The fraction of sp³-hybridized carbons (Fsp3) is 0. The largest absolute Gasteiger partial charge is 0.208 e. The van der Waals surface area contributed by atoms with E-state index in [0.29, 0.717) is 39.5 Å². The van der Waals surface area contributed by atoms with Gasteiger partial charge in [0.05, 0.1) is 0 Å². The second-order valence-electron chi connectivity index (χ2n) is 9.20. The maximum atomic E-state index is 4.94. The number of benzene rings is 5. The fourth-order valence-corrected chi connectivity index (χ4v) is 4.84. The van der Waals surface area contributed by atoms with Crippen molar-refractivity contribution >= 4 is 43.6 Å². The van der Waals surface area contributed by atoms with E-state index >= 15 is 0 Å². The molecule has 11 nitrogen and oxygen atoms in total. The molecule has 40 heavy (non-hydrogen) atoms. The van der Waals surface area contributed by atoms with Gasteiger partial charge in [-0.05, 0) is 90.9 Å². The second kappa shape index (κ2) is 8.81. The molecule has 0 radical (unpaired) electrons. The predicted octanol–water partition coefficient (Wildman–Crippen LogP) is 4.65. The highest BCUT2D eigenvalue weighted by Gasteiger charge is 2.16. The van der Waals surface area contributed by atoms with E-state index in [-0.39, 0.29) is 0 Å². The first-order valence-corrected chi connectivity index (χ1v) is 12.4. The summed E-state index contributed by atoms with van der Waals surface area (Å²) in [5.74, 6) is 1.51. The van der Waals surface area contributed by atoms with Crippen LogP contribution in [-0.4, -0.2) is 56.2 Å². The maximum absolute atomic E-state index is 4.94. The smallest absolute Gasteiger partial charge is 0.164 e. The Hall–Kier alpha value is -5.97. The van der Waals surface area contributed by atoms with Gasteiger partial charge in [-0.25, -0.2) is 15.0 Å². The van der Waals surface area contributed by atoms with Crippen LogP contribution in [0.15, 0.2) is 91.0 Å². The number of hydrogen-bond donors (Lipinski definition) is 0. The maximum Gasteiger partial charge on any atom is 0.164 e. The van der Waals surface area contributed by atoms with Crippen molar-refractivity contribution < 1.29 is 0 Å². The van der Waals surface area contributed by atoms with Crippen LogP contribution in [-0.2, 0) is 0 Å². The van der Waals surface area contributed by atoms with Crippen molar-refractivity contribution in [3.63, 3.8) is 0 Å². The van der Waals surface area contributed by atoms with E-state index in [1.165, 1.54) is 5.39 Å². The molecule has 8 aromatic rings. The summed E-state index contributed by atoms with van der Waals surface area (Å²) in [6.45, 7) is 0. The summed E-state index contributed by atoms with van der Waals surface area (Å²) >= 11 is 0. The van der Waals surface area contributed by atoms with Crippen LogP contribution in [0.2, 0.25) is 0 Å². The molecule has 0 atom stereocenters. The molecule has 0 aliphatic heterocycles. The molecule has 11 heteroatoms. The zero-order valence-corrected chi connectivity index (χ0v) is 20.6. The lowest BCUT2D eigenvalue weighted by Gasteiger charge is -2.11. The minimum atomic E-state index is 0.484. The first-order chi connectivity index (χ1) is 19.8. The molecule has 0 saturated heterocycles. The Morgan fingerprint density at radius 3 is 1.52 bits per heavy atom. The molecule has 0 spiro atoms. The van der Waals surface area contributed by atoms with Gasteiger partial charge in [-0.15, -0.1) is 20.4 Å². The molecule has 186 valence electrons. The summed E-state index contributed by atoms with van der Waals surface area (Å²) in [7, 11) is 0. The van der Waals surface area contributed by atoms with E-state index in [1.54, 1.807) is 0 Å². The molecule has 0 aliphatic carbocycles. The van der Waals surface area contributed by atoms with Gasteiger partial charge in [0.15, 0.2) is 17.5 Å². The van der Waals surface area contributed by atoms with E-state index in [4.69, 9.17) is 15.0 Å².